The lowest BCUT2D eigenvalue weighted by Gasteiger charge is -2.29. The fourth-order valence-corrected chi connectivity index (χ4v) is 2.59. The second-order valence-electron chi connectivity index (χ2n) is 5.04. The van der Waals surface area contributed by atoms with Gasteiger partial charge in [-0.25, -0.2) is 0 Å². The van der Waals surface area contributed by atoms with Gasteiger partial charge >= 0.3 is 0 Å². The molecule has 2 aliphatic rings. The normalized spacial score (nSPS) is 37.8. The van der Waals surface area contributed by atoms with Gasteiger partial charge in [-0.15, -0.1) is 0 Å². The Hall–Kier alpha value is -0.120. The van der Waals surface area contributed by atoms with Gasteiger partial charge in [0.1, 0.15) is 6.23 Å². The first kappa shape index (κ1) is 11.4. The molecular formula is C12H24N2O. The van der Waals surface area contributed by atoms with Crippen LogP contribution in [0.2, 0.25) is 0 Å². The average Bonchev–Trinajstić information content (AvgIpc) is 2.30. The predicted octanol–water partition coefficient (Wildman–Crippen LogP) is 1.62. The molecule has 1 saturated carbocycles. The van der Waals surface area contributed by atoms with Crippen LogP contribution < -0.4 is 11.1 Å². The summed E-state index contributed by atoms with van der Waals surface area (Å²) in [5.41, 5.74) is 5.89. The summed E-state index contributed by atoms with van der Waals surface area (Å²) in [6.07, 6.45) is 9.06. The van der Waals surface area contributed by atoms with Crippen LogP contribution in [0.3, 0.4) is 0 Å². The molecule has 15 heavy (non-hydrogen) atoms. The minimum absolute atomic E-state index is 0.328. The highest BCUT2D eigenvalue weighted by Crippen LogP contribution is 2.22. The van der Waals surface area contributed by atoms with E-state index in [0.717, 1.165) is 19.1 Å². The maximum absolute atomic E-state index is 5.89. The zero-order chi connectivity index (χ0) is 10.5. The largest absolute Gasteiger partial charge is 0.363 e. The molecule has 1 saturated heterocycles. The highest BCUT2D eigenvalue weighted by molar-refractivity contribution is 4.76. The molecule has 1 aliphatic heterocycles. The molecule has 1 atom stereocenters. The molecule has 3 N–H and O–H groups in total. The Morgan fingerprint density at radius 2 is 1.87 bits per heavy atom. The molecule has 0 aromatic heterocycles. The standard InChI is InChI=1S/C12H24N2O/c13-11-6-4-10(5-7-11)9-14-12-3-1-2-8-15-12/h10-12,14H,1-9,13H2. The van der Waals surface area contributed by atoms with Crippen molar-refractivity contribution in [1.82, 2.24) is 5.32 Å². The van der Waals surface area contributed by atoms with E-state index in [1.807, 2.05) is 0 Å². The van der Waals surface area contributed by atoms with Gasteiger partial charge < -0.3 is 10.5 Å². The van der Waals surface area contributed by atoms with Gasteiger partial charge in [0, 0.05) is 19.2 Å². The van der Waals surface area contributed by atoms with Gasteiger partial charge in [0.15, 0.2) is 0 Å². The van der Waals surface area contributed by atoms with Crippen molar-refractivity contribution >= 4 is 0 Å². The molecule has 0 amide bonds. The van der Waals surface area contributed by atoms with Crippen LogP contribution in [0.1, 0.15) is 44.9 Å². The fourth-order valence-electron chi connectivity index (χ4n) is 2.59. The van der Waals surface area contributed by atoms with Gasteiger partial charge in [0.25, 0.3) is 0 Å². The first-order valence-corrected chi connectivity index (χ1v) is 6.45. The van der Waals surface area contributed by atoms with Crippen LogP contribution in [-0.4, -0.2) is 25.4 Å². The van der Waals surface area contributed by atoms with Crippen LogP contribution in [0.4, 0.5) is 0 Å². The Morgan fingerprint density at radius 3 is 2.53 bits per heavy atom. The van der Waals surface area contributed by atoms with Gasteiger partial charge in [0.05, 0.1) is 0 Å². The van der Waals surface area contributed by atoms with Crippen LogP contribution in [0.25, 0.3) is 0 Å². The Morgan fingerprint density at radius 1 is 1.07 bits per heavy atom. The van der Waals surface area contributed by atoms with Gasteiger partial charge in [-0.05, 0) is 50.9 Å². The monoisotopic (exact) mass is 212 g/mol. The van der Waals surface area contributed by atoms with Gasteiger partial charge in [-0.3, -0.25) is 5.32 Å². The first-order chi connectivity index (χ1) is 7.34. The number of hydrogen-bond acceptors (Lipinski definition) is 3. The maximum atomic E-state index is 5.89. The van der Waals surface area contributed by atoms with Gasteiger partial charge in [-0.2, -0.15) is 0 Å². The van der Waals surface area contributed by atoms with Crippen LogP contribution in [0.15, 0.2) is 0 Å². The molecule has 2 fully saturated rings. The fraction of sp³-hybridized carbons (Fsp3) is 1.00. The summed E-state index contributed by atoms with van der Waals surface area (Å²) in [6, 6.07) is 0.465. The number of nitrogens with one attached hydrogen (secondary N) is 1. The second-order valence-corrected chi connectivity index (χ2v) is 5.04. The summed E-state index contributed by atoms with van der Waals surface area (Å²) in [7, 11) is 0. The minimum Gasteiger partial charge on any atom is -0.363 e. The van der Waals surface area contributed by atoms with Crippen molar-refractivity contribution < 1.29 is 4.74 Å². The molecule has 0 aromatic rings. The van der Waals surface area contributed by atoms with Crippen molar-refractivity contribution in [2.24, 2.45) is 11.7 Å². The zero-order valence-corrected chi connectivity index (χ0v) is 9.58. The lowest BCUT2D eigenvalue weighted by molar-refractivity contribution is -0.00827. The van der Waals surface area contributed by atoms with E-state index in [2.05, 4.69) is 5.32 Å². The van der Waals surface area contributed by atoms with E-state index in [-0.39, 0.29) is 0 Å². The molecule has 0 bridgehead atoms. The number of nitrogens with two attached hydrogens (primary N) is 1. The Balaban J connectivity index is 1.60. The Labute approximate surface area is 92.7 Å². The molecule has 0 radical (unpaired) electrons. The van der Waals surface area contributed by atoms with E-state index in [0.29, 0.717) is 12.3 Å². The minimum atomic E-state index is 0.328. The van der Waals surface area contributed by atoms with E-state index in [9.17, 15) is 0 Å². The van der Waals surface area contributed by atoms with Crippen molar-refractivity contribution in [2.45, 2.75) is 57.2 Å². The SMILES string of the molecule is NC1CCC(CNC2CCCCO2)CC1. The Kier molecular flexibility index (Phi) is 4.42. The van der Waals surface area contributed by atoms with E-state index in [1.54, 1.807) is 0 Å². The molecule has 0 spiro atoms. The third kappa shape index (κ3) is 3.74. The summed E-state index contributed by atoms with van der Waals surface area (Å²) < 4.78 is 5.65. The molecular weight excluding hydrogens is 188 g/mol. The van der Waals surface area contributed by atoms with Crippen molar-refractivity contribution in [3.8, 4) is 0 Å². The van der Waals surface area contributed by atoms with Crippen molar-refractivity contribution in [3.05, 3.63) is 0 Å². The van der Waals surface area contributed by atoms with Crippen LogP contribution in [0.5, 0.6) is 0 Å². The number of rotatable bonds is 3. The third-order valence-corrected chi connectivity index (χ3v) is 3.71. The molecule has 0 aromatic carbocycles. The molecule has 1 heterocycles. The van der Waals surface area contributed by atoms with Crippen molar-refractivity contribution in [2.75, 3.05) is 13.2 Å². The van der Waals surface area contributed by atoms with Gasteiger partial charge in [0.2, 0.25) is 0 Å². The zero-order valence-electron chi connectivity index (χ0n) is 9.58. The maximum Gasteiger partial charge on any atom is 0.108 e. The first-order valence-electron chi connectivity index (χ1n) is 6.45. The third-order valence-electron chi connectivity index (χ3n) is 3.71. The van der Waals surface area contributed by atoms with Crippen LogP contribution in [-0.2, 0) is 4.74 Å². The van der Waals surface area contributed by atoms with E-state index in [1.165, 1.54) is 44.9 Å². The summed E-state index contributed by atoms with van der Waals surface area (Å²) in [5.74, 6) is 0.829. The molecule has 3 heteroatoms. The molecule has 1 unspecified atom stereocenters. The summed E-state index contributed by atoms with van der Waals surface area (Å²) in [5, 5.41) is 3.54. The second kappa shape index (κ2) is 5.83. The molecule has 3 nitrogen and oxygen atoms in total. The van der Waals surface area contributed by atoms with Gasteiger partial charge in [-0.1, -0.05) is 0 Å². The molecule has 2 rings (SSSR count). The average molecular weight is 212 g/mol. The lowest BCUT2D eigenvalue weighted by atomic mass is 9.86. The van der Waals surface area contributed by atoms with E-state index >= 15 is 0 Å². The quantitative estimate of drug-likeness (QED) is 0.747. The highest BCUT2D eigenvalue weighted by Gasteiger charge is 2.20. The smallest absolute Gasteiger partial charge is 0.108 e. The molecule has 88 valence electrons. The Bertz CT molecular complexity index is 172. The van der Waals surface area contributed by atoms with Crippen LogP contribution >= 0.6 is 0 Å². The molecule has 1 aliphatic carbocycles. The number of ether oxygens (including phenoxy) is 1. The van der Waals surface area contributed by atoms with Crippen molar-refractivity contribution in [1.29, 1.82) is 0 Å². The summed E-state index contributed by atoms with van der Waals surface area (Å²) in [4.78, 5) is 0. The van der Waals surface area contributed by atoms with E-state index < -0.39 is 0 Å². The predicted molar refractivity (Wildman–Crippen MR) is 61.5 cm³/mol. The topological polar surface area (TPSA) is 47.3 Å². The summed E-state index contributed by atoms with van der Waals surface area (Å²) in [6.45, 7) is 2.06. The van der Waals surface area contributed by atoms with Crippen LogP contribution in [0, 0.1) is 5.92 Å². The highest BCUT2D eigenvalue weighted by atomic mass is 16.5. The van der Waals surface area contributed by atoms with E-state index in [4.69, 9.17) is 10.5 Å². The lowest BCUT2D eigenvalue weighted by Crippen LogP contribution is -2.39. The number of hydrogen-bond donors (Lipinski definition) is 2. The van der Waals surface area contributed by atoms with Crippen molar-refractivity contribution in [3.63, 3.8) is 0 Å². The summed E-state index contributed by atoms with van der Waals surface area (Å²) >= 11 is 0.